The van der Waals surface area contributed by atoms with E-state index in [4.69, 9.17) is 11.6 Å². The van der Waals surface area contributed by atoms with Crippen LogP contribution in [0, 0.1) is 3.57 Å². The van der Waals surface area contributed by atoms with Gasteiger partial charge in [0.15, 0.2) is 0 Å². The second-order valence-corrected chi connectivity index (χ2v) is 4.08. The van der Waals surface area contributed by atoms with Crippen molar-refractivity contribution >= 4 is 34.2 Å². The standard InChI is InChI=1S/C9H10ClI/c1-2-3-7-6-8(10)4-5-9(7)11/h4-6H,2-3H2,1H3. The molecule has 0 aromatic heterocycles. The van der Waals surface area contributed by atoms with Crippen LogP contribution < -0.4 is 0 Å². The van der Waals surface area contributed by atoms with Crippen molar-refractivity contribution in [1.82, 2.24) is 0 Å². The quantitative estimate of drug-likeness (QED) is 0.721. The molecule has 0 saturated carbocycles. The van der Waals surface area contributed by atoms with Gasteiger partial charge in [-0.05, 0) is 52.8 Å². The van der Waals surface area contributed by atoms with Crippen LogP contribution in [-0.2, 0) is 6.42 Å². The third kappa shape index (κ3) is 2.64. The topological polar surface area (TPSA) is 0 Å². The Balaban J connectivity index is 2.93. The maximum absolute atomic E-state index is 5.85. The van der Waals surface area contributed by atoms with E-state index in [9.17, 15) is 0 Å². The summed E-state index contributed by atoms with van der Waals surface area (Å²) in [5.41, 5.74) is 1.36. The van der Waals surface area contributed by atoms with E-state index in [0.29, 0.717) is 0 Å². The van der Waals surface area contributed by atoms with E-state index in [-0.39, 0.29) is 0 Å². The van der Waals surface area contributed by atoms with Crippen LogP contribution in [0.25, 0.3) is 0 Å². The van der Waals surface area contributed by atoms with E-state index in [0.717, 1.165) is 11.4 Å². The summed E-state index contributed by atoms with van der Waals surface area (Å²) in [7, 11) is 0. The van der Waals surface area contributed by atoms with Crippen molar-refractivity contribution in [2.75, 3.05) is 0 Å². The van der Waals surface area contributed by atoms with Crippen LogP contribution in [-0.4, -0.2) is 0 Å². The van der Waals surface area contributed by atoms with Gasteiger partial charge in [0, 0.05) is 8.59 Å². The monoisotopic (exact) mass is 280 g/mol. The highest BCUT2D eigenvalue weighted by Crippen LogP contribution is 2.18. The second-order valence-electron chi connectivity index (χ2n) is 2.49. The molecule has 1 rings (SSSR count). The first-order valence-electron chi connectivity index (χ1n) is 3.68. The Hall–Kier alpha value is 0.240. The van der Waals surface area contributed by atoms with Crippen LogP contribution in [0.4, 0.5) is 0 Å². The molecule has 0 heterocycles. The van der Waals surface area contributed by atoms with Crippen molar-refractivity contribution in [1.29, 1.82) is 0 Å². The molecule has 0 fully saturated rings. The lowest BCUT2D eigenvalue weighted by Gasteiger charge is -2.01. The number of hydrogen-bond acceptors (Lipinski definition) is 0. The molecule has 0 atom stereocenters. The number of hydrogen-bond donors (Lipinski definition) is 0. The van der Waals surface area contributed by atoms with E-state index >= 15 is 0 Å². The van der Waals surface area contributed by atoms with Crippen LogP contribution in [0.2, 0.25) is 5.02 Å². The first-order chi connectivity index (χ1) is 5.24. The van der Waals surface area contributed by atoms with Gasteiger partial charge < -0.3 is 0 Å². The Morgan fingerprint density at radius 2 is 2.18 bits per heavy atom. The predicted octanol–water partition coefficient (Wildman–Crippen LogP) is 3.90. The molecule has 0 N–H and O–H groups in total. The van der Waals surface area contributed by atoms with Crippen LogP contribution in [0.3, 0.4) is 0 Å². The minimum absolute atomic E-state index is 0.842. The molecule has 0 nitrogen and oxygen atoms in total. The minimum Gasteiger partial charge on any atom is -0.0843 e. The van der Waals surface area contributed by atoms with Crippen molar-refractivity contribution in [2.45, 2.75) is 19.8 Å². The van der Waals surface area contributed by atoms with Gasteiger partial charge in [0.1, 0.15) is 0 Å². The van der Waals surface area contributed by atoms with E-state index in [1.165, 1.54) is 15.6 Å². The highest BCUT2D eigenvalue weighted by atomic mass is 127. The van der Waals surface area contributed by atoms with Crippen LogP contribution >= 0.6 is 34.2 Å². The molecule has 1 aromatic rings. The molecule has 60 valence electrons. The molecular formula is C9H10ClI. The Kier molecular flexibility index (Phi) is 3.66. The number of benzene rings is 1. The molecule has 11 heavy (non-hydrogen) atoms. The highest BCUT2D eigenvalue weighted by molar-refractivity contribution is 14.1. The largest absolute Gasteiger partial charge is 0.0843 e. The molecule has 0 radical (unpaired) electrons. The fourth-order valence-electron chi connectivity index (χ4n) is 1.00. The molecule has 2 heteroatoms. The summed E-state index contributed by atoms with van der Waals surface area (Å²) in [5, 5.41) is 0.842. The van der Waals surface area contributed by atoms with Gasteiger partial charge in [0.05, 0.1) is 0 Å². The number of halogens is 2. The Morgan fingerprint density at radius 1 is 1.45 bits per heavy atom. The lowest BCUT2D eigenvalue weighted by molar-refractivity contribution is 0.916. The van der Waals surface area contributed by atoms with Gasteiger partial charge in [-0.1, -0.05) is 24.9 Å². The molecule has 0 unspecified atom stereocenters. The molecule has 0 aliphatic carbocycles. The average molecular weight is 281 g/mol. The molecular weight excluding hydrogens is 270 g/mol. The first-order valence-corrected chi connectivity index (χ1v) is 5.13. The van der Waals surface area contributed by atoms with Gasteiger partial charge in [-0.15, -0.1) is 0 Å². The fourth-order valence-corrected chi connectivity index (χ4v) is 1.80. The SMILES string of the molecule is CCCc1cc(Cl)ccc1I. The Labute approximate surface area is 86.1 Å². The van der Waals surface area contributed by atoms with E-state index < -0.39 is 0 Å². The summed E-state index contributed by atoms with van der Waals surface area (Å²) in [6, 6.07) is 6.04. The lowest BCUT2D eigenvalue weighted by Crippen LogP contribution is -1.86. The van der Waals surface area contributed by atoms with Gasteiger partial charge in [0.2, 0.25) is 0 Å². The molecule has 0 aliphatic heterocycles. The maximum Gasteiger partial charge on any atom is 0.0409 e. The van der Waals surface area contributed by atoms with Crippen molar-refractivity contribution < 1.29 is 0 Å². The molecule has 0 saturated heterocycles. The molecule has 0 spiro atoms. The summed E-state index contributed by atoms with van der Waals surface area (Å²) in [6.45, 7) is 2.18. The van der Waals surface area contributed by atoms with Crippen molar-refractivity contribution in [3.63, 3.8) is 0 Å². The van der Waals surface area contributed by atoms with E-state index in [1.807, 2.05) is 12.1 Å². The zero-order chi connectivity index (χ0) is 8.27. The van der Waals surface area contributed by atoms with Crippen molar-refractivity contribution in [2.24, 2.45) is 0 Å². The summed E-state index contributed by atoms with van der Waals surface area (Å²) >= 11 is 8.19. The second kappa shape index (κ2) is 4.31. The van der Waals surface area contributed by atoms with Gasteiger partial charge >= 0.3 is 0 Å². The smallest absolute Gasteiger partial charge is 0.0409 e. The Morgan fingerprint density at radius 3 is 2.82 bits per heavy atom. The zero-order valence-corrected chi connectivity index (χ0v) is 9.32. The molecule has 0 amide bonds. The summed E-state index contributed by atoms with van der Waals surface area (Å²) in [6.07, 6.45) is 2.30. The van der Waals surface area contributed by atoms with Crippen LogP contribution in [0.1, 0.15) is 18.9 Å². The lowest BCUT2D eigenvalue weighted by atomic mass is 10.1. The van der Waals surface area contributed by atoms with Gasteiger partial charge in [-0.2, -0.15) is 0 Å². The average Bonchev–Trinajstić information content (AvgIpc) is 1.98. The zero-order valence-electron chi connectivity index (χ0n) is 6.40. The minimum atomic E-state index is 0.842. The van der Waals surface area contributed by atoms with Crippen molar-refractivity contribution in [3.05, 3.63) is 32.4 Å². The molecule has 0 bridgehead atoms. The highest BCUT2D eigenvalue weighted by Gasteiger charge is 1.98. The molecule has 0 aliphatic rings. The van der Waals surface area contributed by atoms with Crippen LogP contribution in [0.5, 0.6) is 0 Å². The summed E-state index contributed by atoms with van der Waals surface area (Å²) < 4.78 is 1.31. The van der Waals surface area contributed by atoms with Gasteiger partial charge in [-0.3, -0.25) is 0 Å². The van der Waals surface area contributed by atoms with E-state index in [2.05, 4.69) is 35.6 Å². The number of aryl methyl sites for hydroxylation is 1. The third-order valence-electron chi connectivity index (χ3n) is 1.53. The summed E-state index contributed by atoms with van der Waals surface area (Å²) in [4.78, 5) is 0. The van der Waals surface area contributed by atoms with Gasteiger partial charge in [-0.25, -0.2) is 0 Å². The maximum atomic E-state index is 5.85. The Bertz CT molecular complexity index is 245. The number of rotatable bonds is 2. The summed E-state index contributed by atoms with van der Waals surface area (Å²) in [5.74, 6) is 0. The fraction of sp³-hybridized carbons (Fsp3) is 0.333. The van der Waals surface area contributed by atoms with Gasteiger partial charge in [0.25, 0.3) is 0 Å². The first kappa shape index (κ1) is 9.33. The molecule has 1 aromatic carbocycles. The van der Waals surface area contributed by atoms with Crippen LogP contribution in [0.15, 0.2) is 18.2 Å². The van der Waals surface area contributed by atoms with Crippen molar-refractivity contribution in [3.8, 4) is 0 Å². The van der Waals surface area contributed by atoms with E-state index in [1.54, 1.807) is 0 Å². The normalized spacial score (nSPS) is 10.1. The third-order valence-corrected chi connectivity index (χ3v) is 2.81. The predicted molar refractivity (Wildman–Crippen MR) is 58.2 cm³/mol.